The normalized spacial score (nSPS) is 15.1. The predicted molar refractivity (Wildman–Crippen MR) is 53.5 cm³/mol. The summed E-state index contributed by atoms with van der Waals surface area (Å²) in [6.07, 6.45) is 9.56. The van der Waals surface area contributed by atoms with Crippen molar-refractivity contribution in [1.82, 2.24) is 4.98 Å². The lowest BCUT2D eigenvalue weighted by molar-refractivity contribution is 0.301. The average Bonchev–Trinajstić information content (AvgIpc) is 2.89. The minimum Gasteiger partial charge on any atom is -0.487 e. The summed E-state index contributed by atoms with van der Waals surface area (Å²) in [7, 11) is 0. The fourth-order valence-electron chi connectivity index (χ4n) is 0.984. The molecule has 1 aliphatic carbocycles. The maximum atomic E-state index is 5.59. The van der Waals surface area contributed by atoms with Gasteiger partial charge in [0.15, 0.2) is 11.4 Å². The summed E-state index contributed by atoms with van der Waals surface area (Å²) in [6.45, 7) is 0. The number of halogens is 1. The van der Waals surface area contributed by atoms with Crippen LogP contribution >= 0.6 is 15.9 Å². The van der Waals surface area contributed by atoms with E-state index in [1.165, 1.54) is 0 Å². The van der Waals surface area contributed by atoms with E-state index >= 15 is 0 Å². The van der Waals surface area contributed by atoms with Gasteiger partial charge in [-0.1, -0.05) is 0 Å². The van der Waals surface area contributed by atoms with Crippen molar-refractivity contribution < 1.29 is 4.74 Å². The van der Waals surface area contributed by atoms with Gasteiger partial charge < -0.3 is 4.74 Å². The van der Waals surface area contributed by atoms with Crippen LogP contribution in [0.3, 0.4) is 0 Å². The van der Waals surface area contributed by atoms with E-state index in [0.717, 1.165) is 17.3 Å². The summed E-state index contributed by atoms with van der Waals surface area (Å²) in [4.78, 5) is 4.07. The topological polar surface area (TPSA) is 22.1 Å². The van der Waals surface area contributed by atoms with Crippen molar-refractivity contribution in [1.29, 1.82) is 0 Å². The first-order chi connectivity index (χ1) is 6.29. The number of nitrogens with zero attached hydrogens (tertiary/aromatic N) is 1. The third kappa shape index (κ3) is 2.02. The van der Waals surface area contributed by atoms with E-state index in [4.69, 9.17) is 11.2 Å². The summed E-state index contributed by atoms with van der Waals surface area (Å²) in [5.74, 6) is 3.21. The number of hydrogen-bond acceptors (Lipinski definition) is 2. The molecule has 0 amide bonds. The van der Waals surface area contributed by atoms with Gasteiger partial charge in [-0.25, -0.2) is 4.98 Å². The van der Waals surface area contributed by atoms with E-state index < -0.39 is 0 Å². The van der Waals surface area contributed by atoms with Crippen LogP contribution in [-0.2, 0) is 0 Å². The highest BCUT2D eigenvalue weighted by atomic mass is 79.9. The molecular weight excluding hydrogens is 230 g/mol. The van der Waals surface area contributed by atoms with Gasteiger partial charge in [0, 0.05) is 10.7 Å². The first-order valence-corrected chi connectivity index (χ1v) is 4.87. The van der Waals surface area contributed by atoms with Gasteiger partial charge in [-0.05, 0) is 40.8 Å². The summed E-state index contributed by atoms with van der Waals surface area (Å²) < 4.78 is 6.48. The third-order valence-electron chi connectivity index (χ3n) is 1.77. The van der Waals surface area contributed by atoms with Crippen LogP contribution < -0.4 is 4.74 Å². The van der Waals surface area contributed by atoms with E-state index in [0.29, 0.717) is 17.5 Å². The molecular formula is C10H8BrNO. The van der Waals surface area contributed by atoms with Crippen LogP contribution in [0.1, 0.15) is 18.5 Å². The van der Waals surface area contributed by atoms with E-state index in [-0.39, 0.29) is 0 Å². The molecule has 0 spiro atoms. The van der Waals surface area contributed by atoms with Crippen LogP contribution in [0.5, 0.6) is 5.75 Å². The molecule has 1 aliphatic rings. The van der Waals surface area contributed by atoms with Crippen LogP contribution in [0, 0.1) is 12.3 Å². The molecule has 0 aromatic carbocycles. The minimum atomic E-state index is 0.350. The van der Waals surface area contributed by atoms with Crippen LogP contribution in [0.4, 0.5) is 0 Å². The summed E-state index contributed by atoms with van der Waals surface area (Å²) in [5, 5.41) is 0. The molecule has 1 saturated carbocycles. The van der Waals surface area contributed by atoms with E-state index in [9.17, 15) is 0 Å². The average molecular weight is 238 g/mol. The SMILES string of the molecule is C#Cc1ncc(Br)cc1OC1CC1. The predicted octanol–water partition coefficient (Wildman–Crippen LogP) is 2.37. The van der Waals surface area contributed by atoms with Crippen LogP contribution in [0.15, 0.2) is 16.7 Å². The maximum absolute atomic E-state index is 5.59. The van der Waals surface area contributed by atoms with Gasteiger partial charge in [-0.3, -0.25) is 0 Å². The lowest BCUT2D eigenvalue weighted by atomic mass is 10.3. The van der Waals surface area contributed by atoms with Gasteiger partial charge in [0.25, 0.3) is 0 Å². The molecule has 1 aromatic rings. The van der Waals surface area contributed by atoms with Gasteiger partial charge in [-0.15, -0.1) is 6.42 Å². The van der Waals surface area contributed by atoms with Crippen molar-refractivity contribution in [3.8, 4) is 18.1 Å². The summed E-state index contributed by atoms with van der Waals surface area (Å²) >= 11 is 3.32. The Balaban J connectivity index is 2.29. The quantitative estimate of drug-likeness (QED) is 0.738. The Morgan fingerprint density at radius 1 is 1.62 bits per heavy atom. The molecule has 0 N–H and O–H groups in total. The van der Waals surface area contributed by atoms with Crippen molar-refractivity contribution >= 4 is 15.9 Å². The second-order valence-electron chi connectivity index (χ2n) is 2.96. The first kappa shape index (κ1) is 8.58. The highest BCUT2D eigenvalue weighted by Gasteiger charge is 2.24. The number of rotatable bonds is 2. The molecule has 0 radical (unpaired) electrons. The molecule has 1 aromatic heterocycles. The third-order valence-corrected chi connectivity index (χ3v) is 2.21. The number of ether oxygens (including phenoxy) is 1. The fourth-order valence-corrected chi connectivity index (χ4v) is 1.29. The van der Waals surface area contributed by atoms with Crippen LogP contribution in [0.25, 0.3) is 0 Å². The number of hydrogen-bond donors (Lipinski definition) is 0. The smallest absolute Gasteiger partial charge is 0.155 e. The van der Waals surface area contributed by atoms with Crippen LogP contribution in [0.2, 0.25) is 0 Å². The molecule has 0 aliphatic heterocycles. The number of pyridine rings is 1. The fraction of sp³-hybridized carbons (Fsp3) is 0.300. The minimum absolute atomic E-state index is 0.350. The van der Waals surface area contributed by atoms with Crippen LogP contribution in [-0.4, -0.2) is 11.1 Å². The Hall–Kier alpha value is -1.01. The van der Waals surface area contributed by atoms with Crippen molar-refractivity contribution in [3.63, 3.8) is 0 Å². The largest absolute Gasteiger partial charge is 0.487 e. The molecule has 0 atom stereocenters. The zero-order valence-corrected chi connectivity index (χ0v) is 8.54. The lowest BCUT2D eigenvalue weighted by Crippen LogP contribution is -1.99. The second kappa shape index (κ2) is 3.39. The second-order valence-corrected chi connectivity index (χ2v) is 3.88. The first-order valence-electron chi connectivity index (χ1n) is 4.08. The molecule has 0 saturated heterocycles. The molecule has 2 rings (SSSR count). The van der Waals surface area contributed by atoms with Gasteiger partial charge in [0.2, 0.25) is 0 Å². The van der Waals surface area contributed by atoms with Crippen molar-refractivity contribution in [2.45, 2.75) is 18.9 Å². The molecule has 3 heteroatoms. The van der Waals surface area contributed by atoms with E-state index in [2.05, 4.69) is 26.8 Å². The molecule has 2 nitrogen and oxygen atoms in total. The summed E-state index contributed by atoms with van der Waals surface area (Å²) in [6, 6.07) is 1.86. The Labute approximate surface area is 85.5 Å². The van der Waals surface area contributed by atoms with Crippen molar-refractivity contribution in [2.75, 3.05) is 0 Å². The molecule has 13 heavy (non-hydrogen) atoms. The molecule has 0 bridgehead atoms. The molecule has 0 unspecified atom stereocenters. The van der Waals surface area contributed by atoms with Gasteiger partial charge >= 0.3 is 0 Å². The number of aromatic nitrogens is 1. The highest BCUT2D eigenvalue weighted by Crippen LogP contribution is 2.29. The van der Waals surface area contributed by atoms with Gasteiger partial charge in [0.05, 0.1) is 6.10 Å². The Morgan fingerprint density at radius 2 is 2.38 bits per heavy atom. The maximum Gasteiger partial charge on any atom is 0.155 e. The highest BCUT2D eigenvalue weighted by molar-refractivity contribution is 9.10. The number of terminal acetylenes is 1. The Kier molecular flexibility index (Phi) is 2.24. The standard InChI is InChI=1S/C10H8BrNO/c1-2-9-10(13-8-3-4-8)5-7(11)6-12-9/h1,5-6,8H,3-4H2. The van der Waals surface area contributed by atoms with Gasteiger partial charge in [-0.2, -0.15) is 0 Å². The Morgan fingerprint density at radius 3 is 3.00 bits per heavy atom. The Bertz CT molecular complexity index is 366. The van der Waals surface area contributed by atoms with E-state index in [1.807, 2.05) is 6.07 Å². The van der Waals surface area contributed by atoms with Crippen molar-refractivity contribution in [2.24, 2.45) is 0 Å². The van der Waals surface area contributed by atoms with Gasteiger partial charge in [0.1, 0.15) is 0 Å². The van der Waals surface area contributed by atoms with Crippen molar-refractivity contribution in [3.05, 3.63) is 22.4 Å². The molecule has 66 valence electrons. The monoisotopic (exact) mass is 237 g/mol. The lowest BCUT2D eigenvalue weighted by Gasteiger charge is -2.05. The molecule has 1 fully saturated rings. The molecule has 1 heterocycles. The van der Waals surface area contributed by atoms with E-state index in [1.54, 1.807) is 6.20 Å². The summed E-state index contributed by atoms with van der Waals surface area (Å²) in [5.41, 5.74) is 0.579. The zero-order chi connectivity index (χ0) is 9.26. The zero-order valence-electron chi connectivity index (χ0n) is 6.96.